The zero-order valence-corrected chi connectivity index (χ0v) is 8.53. The molecule has 1 aliphatic rings. The molecule has 2 rings (SSSR count). The average molecular weight is 220 g/mol. The van der Waals surface area contributed by atoms with Gasteiger partial charge in [-0.25, -0.2) is 9.18 Å². The Balaban J connectivity index is 2.37. The predicted octanol–water partition coefficient (Wildman–Crippen LogP) is 1.35. The molecule has 0 aliphatic carbocycles. The molecule has 1 N–H and O–H groups in total. The van der Waals surface area contributed by atoms with E-state index in [9.17, 15) is 14.0 Å². The standard InChI is InChI=1S/C11H9FN2O2/c1-14-10(15)9(13-11(14)16)6-7-4-2-3-5-8(7)12/h2-6H,1H3,(H,13,16)/b9-6+. The summed E-state index contributed by atoms with van der Waals surface area (Å²) in [5, 5.41) is 2.36. The smallest absolute Gasteiger partial charge is 0.303 e. The van der Waals surface area contributed by atoms with E-state index in [4.69, 9.17) is 0 Å². The number of nitrogens with one attached hydrogen (secondary N) is 1. The summed E-state index contributed by atoms with van der Waals surface area (Å²) in [5.74, 6) is -0.903. The highest BCUT2D eigenvalue weighted by molar-refractivity contribution is 6.13. The number of carbonyl (C=O) groups is 2. The molecule has 3 amide bonds. The number of hydrogen-bond acceptors (Lipinski definition) is 2. The van der Waals surface area contributed by atoms with Crippen LogP contribution in [0.4, 0.5) is 9.18 Å². The SMILES string of the molecule is CN1C(=O)N/C(=C/c2ccccc2F)C1=O. The summed E-state index contributed by atoms with van der Waals surface area (Å²) in [6.07, 6.45) is 1.32. The lowest BCUT2D eigenvalue weighted by atomic mass is 10.2. The van der Waals surface area contributed by atoms with Gasteiger partial charge in [-0.3, -0.25) is 9.69 Å². The first-order valence-electron chi connectivity index (χ1n) is 4.65. The molecule has 5 heteroatoms. The third kappa shape index (κ3) is 1.67. The van der Waals surface area contributed by atoms with Crippen molar-refractivity contribution in [1.82, 2.24) is 10.2 Å². The first-order chi connectivity index (χ1) is 7.59. The number of hydrogen-bond donors (Lipinski definition) is 1. The fourth-order valence-corrected chi connectivity index (χ4v) is 1.37. The van der Waals surface area contributed by atoms with Gasteiger partial charge in [0.15, 0.2) is 0 Å². The third-order valence-corrected chi connectivity index (χ3v) is 2.29. The van der Waals surface area contributed by atoms with Crippen molar-refractivity contribution in [3.63, 3.8) is 0 Å². The zero-order valence-electron chi connectivity index (χ0n) is 8.53. The van der Waals surface area contributed by atoms with Crippen molar-refractivity contribution in [3.8, 4) is 0 Å². The Bertz CT molecular complexity index is 497. The number of benzene rings is 1. The molecule has 0 aromatic heterocycles. The Kier molecular flexibility index (Phi) is 2.44. The maximum Gasteiger partial charge on any atom is 0.328 e. The summed E-state index contributed by atoms with van der Waals surface area (Å²) >= 11 is 0. The molecule has 1 saturated heterocycles. The van der Waals surface area contributed by atoms with E-state index in [2.05, 4.69) is 5.32 Å². The van der Waals surface area contributed by atoms with Crippen LogP contribution in [0, 0.1) is 5.82 Å². The summed E-state index contributed by atoms with van der Waals surface area (Å²) in [6.45, 7) is 0. The molecule has 0 bridgehead atoms. The van der Waals surface area contributed by atoms with E-state index in [0.29, 0.717) is 0 Å². The minimum Gasteiger partial charge on any atom is -0.303 e. The number of imide groups is 1. The van der Waals surface area contributed by atoms with Crippen LogP contribution in [-0.4, -0.2) is 23.9 Å². The molecule has 0 atom stereocenters. The van der Waals surface area contributed by atoms with Crippen molar-refractivity contribution in [2.45, 2.75) is 0 Å². The van der Waals surface area contributed by atoms with Gasteiger partial charge in [0.1, 0.15) is 11.5 Å². The Labute approximate surface area is 91.4 Å². The van der Waals surface area contributed by atoms with Gasteiger partial charge in [0.2, 0.25) is 0 Å². The highest BCUT2D eigenvalue weighted by atomic mass is 19.1. The topological polar surface area (TPSA) is 49.4 Å². The van der Waals surface area contributed by atoms with E-state index >= 15 is 0 Å². The van der Waals surface area contributed by atoms with Crippen LogP contribution in [0.25, 0.3) is 6.08 Å². The Morgan fingerprint density at radius 1 is 1.31 bits per heavy atom. The Hall–Kier alpha value is -2.17. The van der Waals surface area contributed by atoms with Crippen LogP contribution in [0.1, 0.15) is 5.56 Å². The predicted molar refractivity (Wildman–Crippen MR) is 55.7 cm³/mol. The molecule has 82 valence electrons. The van der Waals surface area contributed by atoms with Gasteiger partial charge in [0.25, 0.3) is 5.91 Å². The van der Waals surface area contributed by atoms with Crippen LogP contribution in [0.3, 0.4) is 0 Å². The van der Waals surface area contributed by atoms with Crippen molar-refractivity contribution in [3.05, 3.63) is 41.3 Å². The molecule has 1 fully saturated rings. The fraction of sp³-hybridized carbons (Fsp3) is 0.0909. The number of nitrogens with zero attached hydrogens (tertiary/aromatic N) is 1. The van der Waals surface area contributed by atoms with Crippen LogP contribution in [0.15, 0.2) is 30.0 Å². The van der Waals surface area contributed by atoms with Gasteiger partial charge in [0, 0.05) is 12.6 Å². The van der Waals surface area contributed by atoms with Crippen LogP contribution in [0.5, 0.6) is 0 Å². The molecule has 0 unspecified atom stereocenters. The maximum atomic E-state index is 13.3. The van der Waals surface area contributed by atoms with Gasteiger partial charge in [-0.15, -0.1) is 0 Å². The fourth-order valence-electron chi connectivity index (χ4n) is 1.37. The van der Waals surface area contributed by atoms with Gasteiger partial charge in [0.05, 0.1) is 0 Å². The molecule has 1 aliphatic heterocycles. The first kappa shape index (κ1) is 10.4. The monoisotopic (exact) mass is 220 g/mol. The second-order valence-corrected chi connectivity index (χ2v) is 3.37. The number of rotatable bonds is 1. The van der Waals surface area contributed by atoms with Crippen molar-refractivity contribution < 1.29 is 14.0 Å². The number of halogens is 1. The minimum atomic E-state index is -0.507. The lowest BCUT2D eigenvalue weighted by Crippen LogP contribution is -2.25. The summed E-state index contributed by atoms with van der Waals surface area (Å²) in [5.41, 5.74) is 0.346. The Morgan fingerprint density at radius 2 is 2.00 bits per heavy atom. The van der Waals surface area contributed by atoms with E-state index in [1.807, 2.05) is 0 Å². The summed E-state index contributed by atoms with van der Waals surface area (Å²) in [6, 6.07) is 5.52. The van der Waals surface area contributed by atoms with Crippen molar-refractivity contribution in [2.24, 2.45) is 0 Å². The molecule has 1 aromatic rings. The first-order valence-corrected chi connectivity index (χ1v) is 4.65. The second kappa shape index (κ2) is 3.77. The van der Waals surface area contributed by atoms with Gasteiger partial charge < -0.3 is 5.32 Å². The van der Waals surface area contributed by atoms with E-state index < -0.39 is 17.8 Å². The van der Waals surface area contributed by atoms with Crippen LogP contribution in [-0.2, 0) is 4.79 Å². The highest BCUT2D eigenvalue weighted by Crippen LogP contribution is 2.14. The van der Waals surface area contributed by atoms with Gasteiger partial charge in [-0.1, -0.05) is 18.2 Å². The van der Waals surface area contributed by atoms with Crippen LogP contribution in [0.2, 0.25) is 0 Å². The molecule has 0 saturated carbocycles. The minimum absolute atomic E-state index is 0.0811. The summed E-state index contributed by atoms with van der Waals surface area (Å²) in [4.78, 5) is 23.5. The third-order valence-electron chi connectivity index (χ3n) is 2.29. The van der Waals surface area contributed by atoms with Gasteiger partial charge in [-0.05, 0) is 12.1 Å². The van der Waals surface area contributed by atoms with E-state index in [1.165, 1.54) is 25.3 Å². The van der Waals surface area contributed by atoms with Crippen LogP contribution >= 0.6 is 0 Å². The second-order valence-electron chi connectivity index (χ2n) is 3.37. The number of urea groups is 1. The van der Waals surface area contributed by atoms with E-state index in [1.54, 1.807) is 12.1 Å². The van der Waals surface area contributed by atoms with Crippen molar-refractivity contribution >= 4 is 18.0 Å². The molecule has 16 heavy (non-hydrogen) atoms. The average Bonchev–Trinajstić information content (AvgIpc) is 2.50. The zero-order chi connectivity index (χ0) is 11.7. The molecule has 0 spiro atoms. The largest absolute Gasteiger partial charge is 0.328 e. The molecule has 1 aromatic carbocycles. The van der Waals surface area contributed by atoms with Gasteiger partial charge >= 0.3 is 6.03 Å². The molecule has 4 nitrogen and oxygen atoms in total. The molecular formula is C11H9FN2O2. The van der Waals surface area contributed by atoms with E-state index in [0.717, 1.165) is 4.90 Å². The summed E-state index contributed by atoms with van der Waals surface area (Å²) < 4.78 is 13.3. The summed E-state index contributed by atoms with van der Waals surface area (Å²) in [7, 11) is 1.36. The van der Waals surface area contributed by atoms with Gasteiger partial charge in [-0.2, -0.15) is 0 Å². The van der Waals surface area contributed by atoms with E-state index in [-0.39, 0.29) is 11.3 Å². The number of likely N-dealkylation sites (N-methyl/N-ethyl adjacent to an activating group) is 1. The quantitative estimate of drug-likeness (QED) is 0.573. The normalized spacial score (nSPS) is 18.1. The number of amides is 3. The molecular weight excluding hydrogens is 211 g/mol. The molecule has 0 radical (unpaired) electrons. The number of carbonyl (C=O) groups excluding carboxylic acids is 2. The lowest BCUT2D eigenvalue weighted by Gasteiger charge is -2.00. The highest BCUT2D eigenvalue weighted by Gasteiger charge is 2.30. The van der Waals surface area contributed by atoms with Crippen molar-refractivity contribution in [1.29, 1.82) is 0 Å². The maximum absolute atomic E-state index is 13.3. The molecule has 1 heterocycles. The lowest BCUT2D eigenvalue weighted by molar-refractivity contribution is -0.121. The Morgan fingerprint density at radius 3 is 2.56 bits per heavy atom. The van der Waals surface area contributed by atoms with Crippen LogP contribution < -0.4 is 5.32 Å². The van der Waals surface area contributed by atoms with Crippen molar-refractivity contribution in [2.75, 3.05) is 7.05 Å².